The van der Waals surface area contributed by atoms with Crippen molar-refractivity contribution in [3.8, 4) is 0 Å². The number of halogens is 1. The number of nitrogens with one attached hydrogen (secondary N) is 3. The largest absolute Gasteiger partial charge is 0.321 e. The Balaban J connectivity index is 1.49. The van der Waals surface area contributed by atoms with Gasteiger partial charge in [0, 0.05) is 10.7 Å². The van der Waals surface area contributed by atoms with Gasteiger partial charge in [0.05, 0.1) is 4.88 Å². The number of amides is 1. The normalized spacial score (nSPS) is 22.1. The van der Waals surface area contributed by atoms with Gasteiger partial charge in [-0.25, -0.2) is 0 Å². The highest BCUT2D eigenvalue weighted by atomic mass is 35.5. The summed E-state index contributed by atoms with van der Waals surface area (Å²) in [5.41, 5.74) is 0.765. The second kappa shape index (κ2) is 8.12. The minimum absolute atomic E-state index is 0.0488. The van der Waals surface area contributed by atoms with Crippen molar-refractivity contribution < 1.29 is 14.6 Å². The molecule has 1 aliphatic heterocycles. The fourth-order valence-electron chi connectivity index (χ4n) is 3.20. The van der Waals surface area contributed by atoms with E-state index in [0.717, 1.165) is 38.4 Å². The number of piperazine rings is 1. The summed E-state index contributed by atoms with van der Waals surface area (Å²) in [6.45, 7) is 7.41. The second-order valence-corrected chi connectivity index (χ2v) is 7.85. The first kappa shape index (κ1) is 17.4. The summed E-state index contributed by atoms with van der Waals surface area (Å²) in [5, 5.41) is 5.75. The molecule has 1 aliphatic rings. The van der Waals surface area contributed by atoms with E-state index < -0.39 is 0 Å². The average molecular weight is 366 g/mol. The van der Waals surface area contributed by atoms with E-state index in [-0.39, 0.29) is 11.9 Å². The summed E-state index contributed by atoms with van der Waals surface area (Å²) >= 11 is 7.80. The van der Waals surface area contributed by atoms with Crippen molar-refractivity contribution in [1.29, 1.82) is 0 Å². The van der Waals surface area contributed by atoms with Gasteiger partial charge < -0.3 is 15.1 Å². The van der Waals surface area contributed by atoms with E-state index in [9.17, 15) is 4.79 Å². The van der Waals surface area contributed by atoms with Gasteiger partial charge in [-0.1, -0.05) is 23.7 Å². The van der Waals surface area contributed by atoms with Gasteiger partial charge >= 0.3 is 0 Å². The Morgan fingerprint density at radius 3 is 2.71 bits per heavy atom. The highest BCUT2D eigenvalue weighted by molar-refractivity contribution is 7.09. The molecule has 1 fully saturated rings. The summed E-state index contributed by atoms with van der Waals surface area (Å²) in [4.78, 5) is 16.9. The van der Waals surface area contributed by atoms with Crippen LogP contribution in [0.25, 0.3) is 0 Å². The molecule has 0 radical (unpaired) electrons. The smallest absolute Gasteiger partial charge is 0.282 e. The molecule has 3 N–H and O–H groups in total. The Labute approximate surface area is 152 Å². The van der Waals surface area contributed by atoms with Crippen LogP contribution in [0, 0.1) is 0 Å². The monoisotopic (exact) mass is 365 g/mol. The van der Waals surface area contributed by atoms with E-state index >= 15 is 0 Å². The van der Waals surface area contributed by atoms with Gasteiger partial charge in [0.2, 0.25) is 0 Å². The summed E-state index contributed by atoms with van der Waals surface area (Å²) in [7, 11) is 0. The number of hydrogen-bond donors (Lipinski definition) is 3. The molecule has 24 heavy (non-hydrogen) atoms. The fourth-order valence-corrected chi connectivity index (χ4v) is 4.16. The van der Waals surface area contributed by atoms with Crippen LogP contribution in [0.5, 0.6) is 0 Å². The summed E-state index contributed by atoms with van der Waals surface area (Å²) in [6, 6.07) is 11.6. The lowest BCUT2D eigenvalue weighted by atomic mass is 10.2. The van der Waals surface area contributed by atoms with Crippen LogP contribution in [0.15, 0.2) is 41.8 Å². The Morgan fingerprint density at radius 2 is 2.04 bits per heavy atom. The Kier molecular flexibility index (Phi) is 5.89. The first-order valence-electron chi connectivity index (χ1n) is 8.39. The molecule has 1 aromatic carbocycles. The quantitative estimate of drug-likeness (QED) is 0.717. The molecule has 6 heteroatoms. The molecule has 3 rings (SSSR count). The predicted octanol–water partition coefficient (Wildman–Crippen LogP) is 0.712. The van der Waals surface area contributed by atoms with Gasteiger partial charge in [-0.05, 0) is 36.6 Å². The van der Waals surface area contributed by atoms with Gasteiger partial charge in [0.25, 0.3) is 5.91 Å². The third-order valence-corrected chi connectivity index (χ3v) is 5.81. The number of carbonyl (C=O) groups is 1. The van der Waals surface area contributed by atoms with Crippen molar-refractivity contribution in [3.63, 3.8) is 0 Å². The van der Waals surface area contributed by atoms with Crippen LogP contribution in [-0.4, -0.2) is 38.1 Å². The van der Waals surface area contributed by atoms with E-state index in [1.54, 1.807) is 11.0 Å². The molecule has 0 aliphatic carbocycles. The van der Waals surface area contributed by atoms with Crippen molar-refractivity contribution in [2.75, 3.05) is 31.5 Å². The standard InChI is InChI=1S/C18H22ClN3OS/c1-14(18(23)20-16-5-2-4-15(19)12-16)22-9-7-21(8-10-22)13-17-6-3-11-24-17/h2-6,11-12,14H,7-10,13H2,1H3,(H,20,23)/p+2/t14-/m0/s1. The maximum atomic E-state index is 12.5. The molecule has 1 aromatic heterocycles. The number of quaternary nitrogens is 2. The maximum absolute atomic E-state index is 12.5. The highest BCUT2D eigenvalue weighted by Crippen LogP contribution is 2.14. The first-order chi connectivity index (χ1) is 11.6. The lowest BCUT2D eigenvalue weighted by molar-refractivity contribution is -1.02. The van der Waals surface area contributed by atoms with E-state index in [0.29, 0.717) is 5.02 Å². The molecule has 0 unspecified atom stereocenters. The zero-order valence-corrected chi connectivity index (χ0v) is 15.4. The number of rotatable bonds is 5. The second-order valence-electron chi connectivity index (χ2n) is 6.39. The van der Waals surface area contributed by atoms with Crippen molar-refractivity contribution in [2.24, 2.45) is 0 Å². The van der Waals surface area contributed by atoms with E-state index in [2.05, 4.69) is 22.8 Å². The SMILES string of the molecule is C[C@@H](C(=O)Nc1cccc(Cl)c1)[NH+]1CC[NH+](Cc2cccs2)CC1. The number of hydrogen-bond acceptors (Lipinski definition) is 2. The van der Waals surface area contributed by atoms with Crippen LogP contribution in [0.4, 0.5) is 5.69 Å². The molecule has 0 bridgehead atoms. The number of carbonyl (C=O) groups excluding carboxylic acids is 1. The minimum Gasteiger partial charge on any atom is -0.321 e. The topological polar surface area (TPSA) is 38.0 Å². The van der Waals surface area contributed by atoms with Gasteiger partial charge in [-0.15, -0.1) is 11.3 Å². The highest BCUT2D eigenvalue weighted by Gasteiger charge is 2.31. The van der Waals surface area contributed by atoms with Gasteiger partial charge in [0.15, 0.2) is 6.04 Å². The Morgan fingerprint density at radius 1 is 1.25 bits per heavy atom. The number of benzene rings is 1. The zero-order valence-electron chi connectivity index (χ0n) is 13.8. The van der Waals surface area contributed by atoms with Crippen LogP contribution in [0.3, 0.4) is 0 Å². The maximum Gasteiger partial charge on any atom is 0.282 e. The minimum atomic E-state index is -0.0488. The average Bonchev–Trinajstić information content (AvgIpc) is 3.08. The van der Waals surface area contributed by atoms with Gasteiger partial charge in [-0.3, -0.25) is 4.79 Å². The molecule has 0 saturated carbocycles. The summed E-state index contributed by atoms with van der Waals surface area (Å²) in [5.74, 6) is 0.0639. The Bertz CT molecular complexity index is 669. The van der Waals surface area contributed by atoms with Gasteiger partial charge in [-0.2, -0.15) is 0 Å². The first-order valence-corrected chi connectivity index (χ1v) is 9.64. The lowest BCUT2D eigenvalue weighted by Gasteiger charge is -2.32. The third kappa shape index (κ3) is 4.57. The molecule has 1 saturated heterocycles. The van der Waals surface area contributed by atoms with Crippen molar-refractivity contribution in [3.05, 3.63) is 51.7 Å². The van der Waals surface area contributed by atoms with Crippen LogP contribution < -0.4 is 15.1 Å². The Hall–Kier alpha value is -1.40. The van der Waals surface area contributed by atoms with Crippen LogP contribution in [0.1, 0.15) is 11.8 Å². The summed E-state index contributed by atoms with van der Waals surface area (Å²) in [6.07, 6.45) is 0. The predicted molar refractivity (Wildman–Crippen MR) is 99.0 cm³/mol. The molecule has 4 nitrogen and oxygen atoms in total. The van der Waals surface area contributed by atoms with Crippen molar-refractivity contribution in [2.45, 2.75) is 19.5 Å². The molecule has 1 amide bonds. The third-order valence-electron chi connectivity index (χ3n) is 4.70. The molecule has 0 spiro atoms. The van der Waals surface area contributed by atoms with Crippen LogP contribution in [0.2, 0.25) is 5.02 Å². The molecule has 1 atom stereocenters. The summed E-state index contributed by atoms with van der Waals surface area (Å²) < 4.78 is 0. The zero-order chi connectivity index (χ0) is 16.9. The fraction of sp³-hybridized carbons (Fsp3) is 0.389. The van der Waals surface area contributed by atoms with Crippen molar-refractivity contribution >= 4 is 34.5 Å². The molecule has 2 aromatic rings. The lowest BCUT2D eigenvalue weighted by Crippen LogP contribution is -3.29. The van der Waals surface area contributed by atoms with Crippen LogP contribution in [-0.2, 0) is 11.3 Å². The molecule has 128 valence electrons. The molecular formula is C18H24ClN3OS+2. The van der Waals surface area contributed by atoms with E-state index in [1.165, 1.54) is 9.78 Å². The van der Waals surface area contributed by atoms with Crippen LogP contribution >= 0.6 is 22.9 Å². The molecule has 2 heterocycles. The van der Waals surface area contributed by atoms with Crippen molar-refractivity contribution in [1.82, 2.24) is 0 Å². The number of anilines is 1. The van der Waals surface area contributed by atoms with E-state index in [4.69, 9.17) is 11.6 Å². The van der Waals surface area contributed by atoms with Gasteiger partial charge in [0.1, 0.15) is 32.7 Å². The van der Waals surface area contributed by atoms with E-state index in [1.807, 2.05) is 36.5 Å². The molecular weight excluding hydrogens is 342 g/mol. The number of thiophene rings is 1.